The first-order chi connectivity index (χ1) is 8.66. The highest BCUT2D eigenvalue weighted by Gasteiger charge is 2.31. The van der Waals surface area contributed by atoms with E-state index in [1.807, 2.05) is 0 Å². The Morgan fingerprint density at radius 1 is 1.28 bits per heavy atom. The third-order valence-corrected chi connectivity index (χ3v) is 4.32. The van der Waals surface area contributed by atoms with Crippen molar-refractivity contribution in [2.24, 2.45) is 5.92 Å². The zero-order valence-corrected chi connectivity index (χ0v) is 11.4. The van der Waals surface area contributed by atoms with E-state index in [0.29, 0.717) is 12.0 Å². The summed E-state index contributed by atoms with van der Waals surface area (Å²) in [5.41, 5.74) is 0. The number of rotatable bonds is 3. The van der Waals surface area contributed by atoms with Crippen LogP contribution in [-0.4, -0.2) is 47.7 Å². The van der Waals surface area contributed by atoms with Crippen LogP contribution in [-0.2, 0) is 4.79 Å². The van der Waals surface area contributed by atoms with E-state index in [9.17, 15) is 4.79 Å². The molecular weight excluding hydrogens is 228 g/mol. The first-order valence-electron chi connectivity index (χ1n) is 7.35. The molecular formula is C14H26N2O2. The van der Waals surface area contributed by atoms with E-state index in [1.165, 1.54) is 32.1 Å². The minimum absolute atomic E-state index is 0.176. The summed E-state index contributed by atoms with van der Waals surface area (Å²) in [4.78, 5) is 13.5. The quantitative estimate of drug-likeness (QED) is 0.805. The van der Waals surface area contributed by atoms with Gasteiger partial charge in [-0.3, -0.25) is 9.69 Å². The van der Waals surface area contributed by atoms with Crippen molar-refractivity contribution in [3.8, 4) is 0 Å². The summed E-state index contributed by atoms with van der Waals surface area (Å²) in [5.74, 6) is -0.0529. The summed E-state index contributed by atoms with van der Waals surface area (Å²) in [5, 5.41) is 12.5. The molecule has 0 spiro atoms. The van der Waals surface area contributed by atoms with Crippen molar-refractivity contribution in [1.29, 1.82) is 0 Å². The van der Waals surface area contributed by atoms with E-state index < -0.39 is 5.97 Å². The molecule has 4 nitrogen and oxygen atoms in total. The molecule has 1 heterocycles. The lowest BCUT2D eigenvalue weighted by Gasteiger charge is -2.39. The maximum absolute atomic E-state index is 11.0. The van der Waals surface area contributed by atoms with Gasteiger partial charge in [0.1, 0.15) is 0 Å². The van der Waals surface area contributed by atoms with Crippen molar-refractivity contribution in [2.45, 2.75) is 57.5 Å². The summed E-state index contributed by atoms with van der Waals surface area (Å²) in [6.45, 7) is 5.15. The Hall–Kier alpha value is -0.610. The van der Waals surface area contributed by atoms with Crippen LogP contribution in [0.1, 0.15) is 45.4 Å². The number of carboxylic acids is 1. The number of hydrogen-bond donors (Lipinski definition) is 2. The van der Waals surface area contributed by atoms with Crippen molar-refractivity contribution < 1.29 is 9.90 Å². The van der Waals surface area contributed by atoms with Gasteiger partial charge in [0, 0.05) is 25.2 Å². The zero-order valence-electron chi connectivity index (χ0n) is 11.4. The van der Waals surface area contributed by atoms with Gasteiger partial charge in [-0.05, 0) is 25.3 Å². The molecule has 1 aliphatic heterocycles. The van der Waals surface area contributed by atoms with Crippen LogP contribution in [0, 0.1) is 5.92 Å². The molecule has 0 aromatic heterocycles. The number of carbonyl (C=O) groups is 1. The van der Waals surface area contributed by atoms with Crippen molar-refractivity contribution in [3.05, 3.63) is 0 Å². The average molecular weight is 254 g/mol. The van der Waals surface area contributed by atoms with Gasteiger partial charge in [-0.1, -0.05) is 26.2 Å². The molecule has 2 rings (SSSR count). The van der Waals surface area contributed by atoms with E-state index in [0.717, 1.165) is 19.6 Å². The van der Waals surface area contributed by atoms with Crippen molar-refractivity contribution in [1.82, 2.24) is 10.2 Å². The number of carboxylic acid groups (broad SMARTS) is 1. The largest absolute Gasteiger partial charge is 0.481 e. The Bertz CT molecular complexity index is 277. The summed E-state index contributed by atoms with van der Waals surface area (Å²) in [6, 6.07) is 0.793. The van der Waals surface area contributed by atoms with Gasteiger partial charge in [-0.25, -0.2) is 0 Å². The first kappa shape index (κ1) is 13.8. The maximum atomic E-state index is 11.0. The van der Waals surface area contributed by atoms with Gasteiger partial charge in [0.15, 0.2) is 0 Å². The fourth-order valence-electron chi connectivity index (χ4n) is 3.44. The second kappa shape index (κ2) is 6.53. The predicted molar refractivity (Wildman–Crippen MR) is 71.7 cm³/mol. The van der Waals surface area contributed by atoms with Gasteiger partial charge < -0.3 is 10.4 Å². The van der Waals surface area contributed by atoms with Gasteiger partial charge in [0.25, 0.3) is 0 Å². The highest BCUT2D eigenvalue weighted by Crippen LogP contribution is 2.26. The van der Waals surface area contributed by atoms with E-state index in [1.54, 1.807) is 0 Å². The second-order valence-corrected chi connectivity index (χ2v) is 6.00. The van der Waals surface area contributed by atoms with Crippen LogP contribution in [0.15, 0.2) is 0 Å². The Labute approximate surface area is 110 Å². The van der Waals surface area contributed by atoms with Crippen molar-refractivity contribution >= 4 is 5.97 Å². The number of nitrogens with zero attached hydrogens (tertiary/aromatic N) is 1. The molecule has 1 saturated heterocycles. The molecule has 0 bridgehead atoms. The first-order valence-corrected chi connectivity index (χ1v) is 7.35. The Balaban J connectivity index is 2.04. The second-order valence-electron chi connectivity index (χ2n) is 6.00. The van der Waals surface area contributed by atoms with Gasteiger partial charge >= 0.3 is 5.97 Å². The van der Waals surface area contributed by atoms with Crippen molar-refractivity contribution in [3.63, 3.8) is 0 Å². The molecule has 4 heteroatoms. The molecule has 2 unspecified atom stereocenters. The molecule has 18 heavy (non-hydrogen) atoms. The van der Waals surface area contributed by atoms with Crippen LogP contribution >= 0.6 is 0 Å². The lowest BCUT2D eigenvalue weighted by molar-refractivity contribution is -0.138. The zero-order chi connectivity index (χ0) is 13.0. The summed E-state index contributed by atoms with van der Waals surface area (Å²) < 4.78 is 0. The number of hydrogen-bond acceptors (Lipinski definition) is 3. The molecule has 1 saturated carbocycles. The molecule has 0 amide bonds. The highest BCUT2D eigenvalue weighted by atomic mass is 16.4. The van der Waals surface area contributed by atoms with Crippen LogP contribution < -0.4 is 5.32 Å². The van der Waals surface area contributed by atoms with Crippen molar-refractivity contribution in [2.75, 3.05) is 19.6 Å². The standard InChI is InChI=1S/C14H26N2O2/c1-11-8-15-9-13(7-14(17)18)16(10-11)12-5-3-2-4-6-12/h11-13,15H,2-10H2,1H3,(H,17,18). The normalized spacial score (nSPS) is 32.1. The number of aliphatic carboxylic acids is 1. The minimum Gasteiger partial charge on any atom is -0.481 e. The topological polar surface area (TPSA) is 52.6 Å². The Morgan fingerprint density at radius 2 is 2.00 bits per heavy atom. The lowest BCUT2D eigenvalue weighted by Crippen LogP contribution is -2.48. The Morgan fingerprint density at radius 3 is 2.67 bits per heavy atom. The fraction of sp³-hybridized carbons (Fsp3) is 0.929. The lowest BCUT2D eigenvalue weighted by atomic mass is 9.92. The third-order valence-electron chi connectivity index (χ3n) is 4.32. The average Bonchev–Trinajstić information content (AvgIpc) is 2.52. The molecule has 2 atom stereocenters. The highest BCUT2D eigenvalue weighted by molar-refractivity contribution is 5.67. The molecule has 1 aliphatic carbocycles. The summed E-state index contributed by atoms with van der Waals surface area (Å²) >= 11 is 0. The molecule has 2 fully saturated rings. The molecule has 0 aromatic carbocycles. The Kier molecular flexibility index (Phi) is 5.01. The minimum atomic E-state index is -0.669. The predicted octanol–water partition coefficient (Wildman–Crippen LogP) is 1.70. The summed E-state index contributed by atoms with van der Waals surface area (Å²) in [6.07, 6.45) is 6.75. The van der Waals surface area contributed by atoms with Crippen LogP contribution in [0.5, 0.6) is 0 Å². The van der Waals surface area contributed by atoms with Crippen LogP contribution in [0.2, 0.25) is 0 Å². The molecule has 2 aliphatic rings. The molecule has 0 aromatic rings. The van der Waals surface area contributed by atoms with Gasteiger partial charge in [-0.2, -0.15) is 0 Å². The maximum Gasteiger partial charge on any atom is 0.304 e. The summed E-state index contributed by atoms with van der Waals surface area (Å²) in [7, 11) is 0. The number of nitrogens with one attached hydrogen (secondary N) is 1. The molecule has 2 N–H and O–H groups in total. The van der Waals surface area contributed by atoms with E-state index in [4.69, 9.17) is 5.11 Å². The monoisotopic (exact) mass is 254 g/mol. The van der Waals surface area contributed by atoms with Gasteiger partial charge in [0.2, 0.25) is 0 Å². The molecule has 0 radical (unpaired) electrons. The SMILES string of the molecule is CC1CNCC(CC(=O)O)N(C2CCCCC2)C1. The van der Waals surface area contributed by atoms with E-state index in [2.05, 4.69) is 17.1 Å². The smallest absolute Gasteiger partial charge is 0.304 e. The van der Waals surface area contributed by atoms with Crippen LogP contribution in [0.4, 0.5) is 0 Å². The van der Waals surface area contributed by atoms with Crippen LogP contribution in [0.25, 0.3) is 0 Å². The van der Waals surface area contributed by atoms with Crippen LogP contribution in [0.3, 0.4) is 0 Å². The van der Waals surface area contributed by atoms with Gasteiger partial charge in [0.05, 0.1) is 6.42 Å². The van der Waals surface area contributed by atoms with E-state index >= 15 is 0 Å². The third kappa shape index (κ3) is 3.69. The van der Waals surface area contributed by atoms with E-state index in [-0.39, 0.29) is 12.5 Å². The fourth-order valence-corrected chi connectivity index (χ4v) is 3.44. The van der Waals surface area contributed by atoms with Gasteiger partial charge in [-0.15, -0.1) is 0 Å². The molecule has 104 valence electrons.